The predicted molar refractivity (Wildman–Crippen MR) is 97.5 cm³/mol. The summed E-state index contributed by atoms with van der Waals surface area (Å²) < 4.78 is 0. The quantitative estimate of drug-likeness (QED) is 0.455. The molecule has 3 N–H and O–H groups in total. The van der Waals surface area contributed by atoms with Crippen molar-refractivity contribution in [2.24, 2.45) is 4.99 Å². The molecule has 1 aromatic carbocycles. The number of aliphatic imine (C=N–C) groups is 1. The minimum atomic E-state index is 0.466. The normalized spacial score (nSPS) is 11.0. The molecule has 0 spiro atoms. The van der Waals surface area contributed by atoms with Crippen molar-refractivity contribution in [1.82, 2.24) is 20.6 Å². The van der Waals surface area contributed by atoms with Crippen LogP contribution in [0.5, 0.6) is 0 Å². The highest BCUT2D eigenvalue weighted by molar-refractivity contribution is 7.80. The SMILES string of the molecule is CNC(=S)NC(=NCc1ccccc1)Nc1nc(C)cc(C)n1. The third-order valence-electron chi connectivity index (χ3n) is 2.93. The topological polar surface area (TPSA) is 74.2 Å². The Balaban J connectivity index is 2.17. The molecule has 0 atom stereocenters. The first-order chi connectivity index (χ1) is 11.1. The summed E-state index contributed by atoms with van der Waals surface area (Å²) in [5, 5.41) is 9.42. The Kier molecular flexibility index (Phi) is 5.99. The third kappa shape index (κ3) is 5.63. The fourth-order valence-electron chi connectivity index (χ4n) is 1.92. The highest BCUT2D eigenvalue weighted by Crippen LogP contribution is 2.05. The molecule has 0 aliphatic heterocycles. The van der Waals surface area contributed by atoms with Gasteiger partial charge in [-0.05, 0) is 37.7 Å². The first-order valence-corrected chi connectivity index (χ1v) is 7.64. The number of thiocarbonyl (C=S) groups is 1. The number of anilines is 1. The van der Waals surface area contributed by atoms with E-state index in [9.17, 15) is 0 Å². The number of guanidine groups is 1. The van der Waals surface area contributed by atoms with Gasteiger partial charge in [0.25, 0.3) is 0 Å². The Morgan fingerprint density at radius 3 is 2.39 bits per heavy atom. The summed E-state index contributed by atoms with van der Waals surface area (Å²) in [7, 11) is 1.75. The minimum absolute atomic E-state index is 0.466. The van der Waals surface area contributed by atoms with Gasteiger partial charge in [-0.2, -0.15) is 0 Å². The van der Waals surface area contributed by atoms with E-state index in [4.69, 9.17) is 12.2 Å². The fourth-order valence-corrected chi connectivity index (χ4v) is 2.02. The van der Waals surface area contributed by atoms with Gasteiger partial charge in [0.2, 0.25) is 11.9 Å². The van der Waals surface area contributed by atoms with Gasteiger partial charge in [-0.25, -0.2) is 15.0 Å². The van der Waals surface area contributed by atoms with Crippen LogP contribution in [0.25, 0.3) is 0 Å². The monoisotopic (exact) mass is 328 g/mol. The van der Waals surface area contributed by atoms with E-state index in [2.05, 4.69) is 30.9 Å². The molecule has 0 aliphatic rings. The Labute approximate surface area is 141 Å². The van der Waals surface area contributed by atoms with Crippen molar-refractivity contribution in [2.75, 3.05) is 12.4 Å². The smallest absolute Gasteiger partial charge is 0.229 e. The molecular weight excluding hydrogens is 308 g/mol. The molecular formula is C16H20N6S. The molecule has 6 nitrogen and oxygen atoms in total. The zero-order chi connectivity index (χ0) is 16.7. The second-order valence-corrected chi connectivity index (χ2v) is 5.36. The molecule has 0 radical (unpaired) electrons. The summed E-state index contributed by atoms with van der Waals surface area (Å²) in [5.74, 6) is 0.985. The van der Waals surface area contributed by atoms with E-state index < -0.39 is 0 Å². The van der Waals surface area contributed by atoms with E-state index in [-0.39, 0.29) is 0 Å². The van der Waals surface area contributed by atoms with Crippen molar-refractivity contribution in [3.05, 3.63) is 53.3 Å². The van der Waals surface area contributed by atoms with Crippen LogP contribution < -0.4 is 16.0 Å². The van der Waals surface area contributed by atoms with Crippen molar-refractivity contribution in [3.63, 3.8) is 0 Å². The Hall–Kier alpha value is -2.54. The zero-order valence-electron chi connectivity index (χ0n) is 13.4. The van der Waals surface area contributed by atoms with Gasteiger partial charge in [-0.3, -0.25) is 5.32 Å². The summed E-state index contributed by atoms with van der Waals surface area (Å²) >= 11 is 5.15. The Bertz CT molecular complexity index is 679. The van der Waals surface area contributed by atoms with E-state index >= 15 is 0 Å². The molecule has 7 heteroatoms. The minimum Gasteiger partial charge on any atom is -0.365 e. The van der Waals surface area contributed by atoms with Crippen LogP contribution in [0.4, 0.5) is 5.95 Å². The van der Waals surface area contributed by atoms with Crippen molar-refractivity contribution in [1.29, 1.82) is 0 Å². The number of benzene rings is 1. The maximum absolute atomic E-state index is 5.15. The molecule has 2 rings (SSSR count). The molecule has 1 heterocycles. The standard InChI is InChI=1S/C16H20N6S/c1-11-9-12(2)20-15(19-11)21-14(22-16(23)17-3)18-10-13-7-5-4-6-8-13/h4-9H,10H2,1-3H3,(H3,17,18,19,20,21,22,23). The number of nitrogens with zero attached hydrogens (tertiary/aromatic N) is 3. The van der Waals surface area contributed by atoms with E-state index in [0.29, 0.717) is 23.6 Å². The number of nitrogens with one attached hydrogen (secondary N) is 3. The molecule has 0 saturated heterocycles. The molecule has 2 aromatic rings. The van der Waals surface area contributed by atoms with Gasteiger partial charge >= 0.3 is 0 Å². The molecule has 120 valence electrons. The number of aryl methyl sites for hydroxylation is 2. The molecule has 23 heavy (non-hydrogen) atoms. The van der Waals surface area contributed by atoms with Crippen molar-refractivity contribution >= 4 is 29.2 Å². The first kappa shape index (κ1) is 16.8. The zero-order valence-corrected chi connectivity index (χ0v) is 14.2. The van der Waals surface area contributed by atoms with Crippen LogP contribution in [0.3, 0.4) is 0 Å². The second-order valence-electron chi connectivity index (χ2n) is 4.95. The van der Waals surface area contributed by atoms with Gasteiger partial charge in [0.05, 0.1) is 6.54 Å². The lowest BCUT2D eigenvalue weighted by molar-refractivity contribution is 1.02. The van der Waals surface area contributed by atoms with Crippen LogP contribution in [0.2, 0.25) is 0 Å². The molecule has 0 aliphatic carbocycles. The van der Waals surface area contributed by atoms with E-state index in [1.54, 1.807) is 7.05 Å². The number of hydrogen-bond donors (Lipinski definition) is 3. The van der Waals surface area contributed by atoms with Crippen LogP contribution in [0.15, 0.2) is 41.4 Å². The molecule has 0 saturated carbocycles. The average Bonchev–Trinajstić information content (AvgIpc) is 2.52. The molecule has 0 bridgehead atoms. The summed E-state index contributed by atoms with van der Waals surface area (Å²) in [5.41, 5.74) is 2.88. The maximum Gasteiger partial charge on any atom is 0.229 e. The van der Waals surface area contributed by atoms with Gasteiger partial charge < -0.3 is 10.6 Å². The number of aromatic nitrogens is 2. The van der Waals surface area contributed by atoms with Crippen molar-refractivity contribution in [3.8, 4) is 0 Å². The van der Waals surface area contributed by atoms with E-state index in [1.807, 2.05) is 50.2 Å². The predicted octanol–water partition coefficient (Wildman–Crippen LogP) is 2.16. The van der Waals surface area contributed by atoms with Crippen LogP contribution in [0.1, 0.15) is 17.0 Å². The van der Waals surface area contributed by atoms with Crippen LogP contribution >= 0.6 is 12.2 Å². The van der Waals surface area contributed by atoms with Gasteiger partial charge in [-0.15, -0.1) is 0 Å². The molecule has 0 amide bonds. The number of hydrogen-bond acceptors (Lipinski definition) is 4. The lowest BCUT2D eigenvalue weighted by atomic mass is 10.2. The van der Waals surface area contributed by atoms with Crippen LogP contribution in [0, 0.1) is 13.8 Å². The van der Waals surface area contributed by atoms with Crippen molar-refractivity contribution < 1.29 is 0 Å². The third-order valence-corrected chi connectivity index (χ3v) is 3.24. The van der Waals surface area contributed by atoms with Gasteiger partial charge in [0, 0.05) is 18.4 Å². The summed E-state index contributed by atoms with van der Waals surface area (Å²) in [6.07, 6.45) is 0. The summed E-state index contributed by atoms with van der Waals surface area (Å²) in [6, 6.07) is 11.9. The lowest BCUT2D eigenvalue weighted by Crippen LogP contribution is -2.41. The second kappa shape index (κ2) is 8.19. The van der Waals surface area contributed by atoms with E-state index in [0.717, 1.165) is 17.0 Å². The van der Waals surface area contributed by atoms with Crippen LogP contribution in [-0.2, 0) is 6.54 Å². The highest BCUT2D eigenvalue weighted by atomic mass is 32.1. The summed E-state index contributed by atoms with van der Waals surface area (Å²) in [4.78, 5) is 13.2. The largest absolute Gasteiger partial charge is 0.365 e. The van der Waals surface area contributed by atoms with E-state index in [1.165, 1.54) is 0 Å². The maximum atomic E-state index is 5.15. The fraction of sp³-hybridized carbons (Fsp3) is 0.250. The Morgan fingerprint density at radius 1 is 1.13 bits per heavy atom. The molecule has 0 fully saturated rings. The van der Waals surface area contributed by atoms with Gasteiger partial charge in [0.15, 0.2) is 5.11 Å². The van der Waals surface area contributed by atoms with Crippen molar-refractivity contribution in [2.45, 2.75) is 20.4 Å². The summed E-state index contributed by atoms with van der Waals surface area (Å²) in [6.45, 7) is 4.37. The highest BCUT2D eigenvalue weighted by Gasteiger charge is 2.06. The lowest BCUT2D eigenvalue weighted by Gasteiger charge is -2.12. The van der Waals surface area contributed by atoms with Gasteiger partial charge in [-0.1, -0.05) is 30.3 Å². The van der Waals surface area contributed by atoms with Gasteiger partial charge in [0.1, 0.15) is 0 Å². The Morgan fingerprint density at radius 2 is 1.78 bits per heavy atom. The van der Waals surface area contributed by atoms with Crippen LogP contribution in [-0.4, -0.2) is 28.1 Å². The molecule has 1 aromatic heterocycles. The first-order valence-electron chi connectivity index (χ1n) is 7.23. The number of rotatable bonds is 3. The molecule has 0 unspecified atom stereocenters. The average molecular weight is 328 g/mol.